The molecule has 0 aromatic heterocycles. The Morgan fingerprint density at radius 2 is 1.92 bits per heavy atom. The number of nitrogens with one attached hydrogen (secondary N) is 1. The van der Waals surface area contributed by atoms with Gasteiger partial charge in [-0.1, -0.05) is 19.9 Å². The first-order valence-electron chi connectivity index (χ1n) is 7.55. The van der Waals surface area contributed by atoms with E-state index in [1.54, 1.807) is 6.92 Å². The van der Waals surface area contributed by atoms with Gasteiger partial charge in [-0.05, 0) is 37.0 Å². The van der Waals surface area contributed by atoms with Crippen LogP contribution in [-0.2, 0) is 19.1 Å². The average Bonchev–Trinajstić information content (AvgIpc) is 2.53. The second-order valence-corrected chi connectivity index (χ2v) is 5.81. The lowest BCUT2D eigenvalue weighted by atomic mass is 10.0. The number of methoxy groups -OCH3 is 1. The highest BCUT2D eigenvalue weighted by atomic mass is 19.1. The molecule has 0 saturated heterocycles. The standard InChI is InChI=1S/C17H22FNO5/c1-10(2)7-14(17(22)23-4)19-15(20)9-24-16(21)12-6-5-11(3)13(18)8-12/h5-6,8,10,14H,7,9H2,1-4H3,(H,19,20)/t14-/m0/s1. The molecule has 1 atom stereocenters. The molecule has 7 heteroatoms. The third-order valence-electron chi connectivity index (χ3n) is 3.27. The number of hydrogen-bond acceptors (Lipinski definition) is 5. The van der Waals surface area contributed by atoms with Gasteiger partial charge in [-0.25, -0.2) is 14.0 Å². The summed E-state index contributed by atoms with van der Waals surface area (Å²) in [6.45, 7) is 4.79. The van der Waals surface area contributed by atoms with Crippen LogP contribution in [0.25, 0.3) is 0 Å². The molecule has 1 rings (SSSR count). The van der Waals surface area contributed by atoms with Gasteiger partial charge in [0.1, 0.15) is 11.9 Å². The Bertz CT molecular complexity index is 615. The second-order valence-electron chi connectivity index (χ2n) is 5.81. The van der Waals surface area contributed by atoms with Crippen LogP contribution in [0.4, 0.5) is 4.39 Å². The second kappa shape index (κ2) is 9.00. The zero-order chi connectivity index (χ0) is 18.3. The number of halogens is 1. The van der Waals surface area contributed by atoms with E-state index in [2.05, 4.69) is 10.1 Å². The van der Waals surface area contributed by atoms with Crippen LogP contribution in [-0.4, -0.2) is 37.6 Å². The summed E-state index contributed by atoms with van der Waals surface area (Å²) >= 11 is 0. The fourth-order valence-electron chi connectivity index (χ4n) is 2.00. The molecule has 6 nitrogen and oxygen atoms in total. The van der Waals surface area contributed by atoms with Crippen molar-refractivity contribution in [3.8, 4) is 0 Å². The van der Waals surface area contributed by atoms with Gasteiger partial charge in [0.05, 0.1) is 12.7 Å². The Kier molecular flexibility index (Phi) is 7.35. The first-order valence-corrected chi connectivity index (χ1v) is 7.55. The van der Waals surface area contributed by atoms with Gasteiger partial charge < -0.3 is 14.8 Å². The lowest BCUT2D eigenvalue weighted by Crippen LogP contribution is -2.44. The van der Waals surface area contributed by atoms with E-state index in [1.165, 1.54) is 19.2 Å². The minimum Gasteiger partial charge on any atom is -0.467 e. The Morgan fingerprint density at radius 3 is 2.46 bits per heavy atom. The molecule has 1 N–H and O–H groups in total. The van der Waals surface area contributed by atoms with Crippen molar-refractivity contribution >= 4 is 17.8 Å². The zero-order valence-corrected chi connectivity index (χ0v) is 14.2. The summed E-state index contributed by atoms with van der Waals surface area (Å²) in [4.78, 5) is 35.3. The third-order valence-corrected chi connectivity index (χ3v) is 3.27. The monoisotopic (exact) mass is 339 g/mol. The van der Waals surface area contributed by atoms with Gasteiger partial charge in [-0.3, -0.25) is 4.79 Å². The highest BCUT2D eigenvalue weighted by Gasteiger charge is 2.23. The Hall–Kier alpha value is -2.44. The Morgan fingerprint density at radius 1 is 1.25 bits per heavy atom. The number of hydrogen-bond donors (Lipinski definition) is 1. The summed E-state index contributed by atoms with van der Waals surface area (Å²) in [5.74, 6) is -2.39. The maximum Gasteiger partial charge on any atom is 0.338 e. The molecule has 1 aromatic carbocycles. The molecule has 24 heavy (non-hydrogen) atoms. The van der Waals surface area contributed by atoms with Gasteiger partial charge in [0.2, 0.25) is 0 Å². The molecule has 1 aromatic rings. The van der Waals surface area contributed by atoms with E-state index in [1.807, 2.05) is 13.8 Å². The summed E-state index contributed by atoms with van der Waals surface area (Å²) in [7, 11) is 1.23. The molecule has 0 bridgehead atoms. The van der Waals surface area contributed by atoms with E-state index < -0.39 is 36.3 Å². The van der Waals surface area contributed by atoms with Crippen molar-refractivity contribution in [2.24, 2.45) is 5.92 Å². The first-order chi connectivity index (χ1) is 11.2. The lowest BCUT2D eigenvalue weighted by molar-refractivity contribution is -0.145. The molecule has 132 valence electrons. The normalized spacial score (nSPS) is 11.8. The predicted molar refractivity (Wildman–Crippen MR) is 84.8 cm³/mol. The van der Waals surface area contributed by atoms with Crippen LogP contribution in [0.2, 0.25) is 0 Å². The number of carbonyl (C=O) groups excluding carboxylic acids is 3. The Balaban J connectivity index is 2.58. The fourth-order valence-corrected chi connectivity index (χ4v) is 2.00. The number of rotatable bonds is 7. The van der Waals surface area contributed by atoms with Crippen LogP contribution in [0, 0.1) is 18.7 Å². The van der Waals surface area contributed by atoms with Gasteiger partial charge in [0.25, 0.3) is 5.91 Å². The first kappa shape index (κ1) is 19.6. The van der Waals surface area contributed by atoms with Crippen LogP contribution in [0.1, 0.15) is 36.2 Å². The maximum atomic E-state index is 13.4. The van der Waals surface area contributed by atoms with Gasteiger partial charge in [0, 0.05) is 0 Å². The summed E-state index contributed by atoms with van der Waals surface area (Å²) < 4.78 is 22.9. The average molecular weight is 339 g/mol. The molecule has 0 radical (unpaired) electrons. The van der Waals surface area contributed by atoms with Crippen LogP contribution < -0.4 is 5.32 Å². The van der Waals surface area contributed by atoms with Gasteiger partial charge >= 0.3 is 11.9 Å². The van der Waals surface area contributed by atoms with Crippen molar-refractivity contribution in [3.05, 3.63) is 35.1 Å². The SMILES string of the molecule is COC(=O)[C@H](CC(C)C)NC(=O)COC(=O)c1ccc(C)c(F)c1. The third kappa shape index (κ3) is 5.98. The van der Waals surface area contributed by atoms with E-state index in [-0.39, 0.29) is 11.5 Å². The van der Waals surface area contributed by atoms with Crippen LogP contribution in [0.3, 0.4) is 0 Å². The smallest absolute Gasteiger partial charge is 0.338 e. The lowest BCUT2D eigenvalue weighted by Gasteiger charge is -2.18. The molecule has 0 saturated carbocycles. The van der Waals surface area contributed by atoms with Crippen molar-refractivity contribution < 1.29 is 28.2 Å². The molecule has 0 aliphatic carbocycles. The molecule has 0 fully saturated rings. The summed E-state index contributed by atoms with van der Waals surface area (Å²) in [6.07, 6.45) is 0.398. The number of esters is 2. The number of benzene rings is 1. The van der Waals surface area contributed by atoms with Crippen molar-refractivity contribution in [2.75, 3.05) is 13.7 Å². The Labute approximate surface area is 140 Å². The van der Waals surface area contributed by atoms with E-state index in [4.69, 9.17) is 4.74 Å². The van der Waals surface area contributed by atoms with E-state index in [0.717, 1.165) is 6.07 Å². The van der Waals surface area contributed by atoms with Crippen LogP contribution >= 0.6 is 0 Å². The van der Waals surface area contributed by atoms with E-state index >= 15 is 0 Å². The number of ether oxygens (including phenoxy) is 2. The molecule has 0 heterocycles. The van der Waals surface area contributed by atoms with E-state index in [9.17, 15) is 18.8 Å². The maximum absolute atomic E-state index is 13.4. The van der Waals surface area contributed by atoms with E-state index in [0.29, 0.717) is 12.0 Å². The largest absolute Gasteiger partial charge is 0.467 e. The van der Waals surface area contributed by atoms with Crippen molar-refractivity contribution in [3.63, 3.8) is 0 Å². The van der Waals surface area contributed by atoms with Crippen molar-refractivity contribution in [1.29, 1.82) is 0 Å². The summed E-state index contributed by atoms with van der Waals surface area (Å²) in [6, 6.07) is 3.10. The van der Waals surface area contributed by atoms with Crippen LogP contribution in [0.15, 0.2) is 18.2 Å². The molecule has 0 aliphatic rings. The molecule has 0 aliphatic heterocycles. The zero-order valence-electron chi connectivity index (χ0n) is 14.2. The number of carbonyl (C=O) groups is 3. The summed E-state index contributed by atoms with van der Waals surface area (Å²) in [5.41, 5.74) is 0.413. The van der Waals surface area contributed by atoms with Crippen LogP contribution in [0.5, 0.6) is 0 Å². The summed E-state index contributed by atoms with van der Waals surface area (Å²) in [5, 5.41) is 2.46. The molecular weight excluding hydrogens is 317 g/mol. The number of amides is 1. The van der Waals surface area contributed by atoms with Gasteiger partial charge in [-0.2, -0.15) is 0 Å². The minimum absolute atomic E-state index is 0.0117. The molecular formula is C17H22FNO5. The molecule has 0 unspecified atom stereocenters. The van der Waals surface area contributed by atoms with Crippen molar-refractivity contribution in [1.82, 2.24) is 5.32 Å². The highest BCUT2D eigenvalue weighted by Crippen LogP contribution is 2.10. The minimum atomic E-state index is -0.817. The van der Waals surface area contributed by atoms with Crippen molar-refractivity contribution in [2.45, 2.75) is 33.2 Å². The molecule has 1 amide bonds. The number of aryl methyl sites for hydroxylation is 1. The fraction of sp³-hybridized carbons (Fsp3) is 0.471. The highest BCUT2D eigenvalue weighted by molar-refractivity contribution is 5.92. The quantitative estimate of drug-likeness (QED) is 0.768. The topological polar surface area (TPSA) is 81.7 Å². The molecule has 0 spiro atoms. The van der Waals surface area contributed by atoms with Gasteiger partial charge in [-0.15, -0.1) is 0 Å². The predicted octanol–water partition coefficient (Wildman–Crippen LogP) is 1.99. The van der Waals surface area contributed by atoms with Gasteiger partial charge in [0.15, 0.2) is 6.61 Å².